The monoisotopic (exact) mass is 342 g/mol. The van der Waals surface area contributed by atoms with E-state index in [-0.39, 0.29) is 11.3 Å². The second-order valence-corrected chi connectivity index (χ2v) is 6.33. The van der Waals surface area contributed by atoms with E-state index >= 15 is 0 Å². The van der Waals surface area contributed by atoms with Crippen molar-refractivity contribution in [2.45, 2.75) is 38.0 Å². The zero-order chi connectivity index (χ0) is 17.8. The molecular formula is C19H19FN2O3. The van der Waals surface area contributed by atoms with Gasteiger partial charge in [-0.3, -0.25) is 14.9 Å². The van der Waals surface area contributed by atoms with Gasteiger partial charge >= 0.3 is 0 Å². The van der Waals surface area contributed by atoms with E-state index in [9.17, 15) is 19.3 Å². The molecule has 2 aromatic carbocycles. The third kappa shape index (κ3) is 4.02. The van der Waals surface area contributed by atoms with Crippen LogP contribution in [-0.4, -0.2) is 10.8 Å². The van der Waals surface area contributed by atoms with E-state index < -0.39 is 16.6 Å². The summed E-state index contributed by atoms with van der Waals surface area (Å²) in [6.45, 7) is 0. The number of carbonyl (C=O) groups excluding carboxylic acids is 1. The van der Waals surface area contributed by atoms with Crippen LogP contribution in [0.2, 0.25) is 0 Å². The number of halogens is 1. The Morgan fingerprint density at radius 2 is 1.76 bits per heavy atom. The van der Waals surface area contributed by atoms with E-state index in [2.05, 4.69) is 5.32 Å². The summed E-state index contributed by atoms with van der Waals surface area (Å²) in [6, 6.07) is 10.4. The number of nitro benzene ring substituents is 1. The van der Waals surface area contributed by atoms with Crippen LogP contribution in [0.15, 0.2) is 42.5 Å². The fourth-order valence-corrected chi connectivity index (χ4v) is 3.27. The van der Waals surface area contributed by atoms with Crippen LogP contribution in [0.25, 0.3) is 0 Å². The fourth-order valence-electron chi connectivity index (χ4n) is 3.27. The van der Waals surface area contributed by atoms with Gasteiger partial charge in [0, 0.05) is 17.8 Å². The average molecular weight is 342 g/mol. The number of nitrogens with zero attached hydrogens (tertiary/aromatic N) is 1. The SMILES string of the molecule is O=C(Nc1ccc(C2CCCCC2)cc1)c1cc([N+](=O)[O-])ccc1F. The predicted octanol–water partition coefficient (Wildman–Crippen LogP) is 5.03. The van der Waals surface area contributed by atoms with Crippen LogP contribution in [0, 0.1) is 15.9 Å². The third-order valence-corrected chi connectivity index (χ3v) is 4.65. The number of rotatable bonds is 4. The van der Waals surface area contributed by atoms with E-state index in [0.717, 1.165) is 18.2 Å². The Morgan fingerprint density at radius 3 is 2.40 bits per heavy atom. The number of hydrogen-bond acceptors (Lipinski definition) is 3. The van der Waals surface area contributed by atoms with Crippen LogP contribution in [0.4, 0.5) is 15.8 Å². The van der Waals surface area contributed by atoms with Gasteiger partial charge in [-0.05, 0) is 42.5 Å². The maximum atomic E-state index is 13.8. The maximum absolute atomic E-state index is 13.8. The summed E-state index contributed by atoms with van der Waals surface area (Å²) in [5, 5.41) is 13.4. The molecule has 0 saturated heterocycles. The lowest BCUT2D eigenvalue weighted by Crippen LogP contribution is -2.14. The molecule has 3 rings (SSSR count). The second-order valence-electron chi connectivity index (χ2n) is 6.33. The Hall–Kier alpha value is -2.76. The fraction of sp³-hybridized carbons (Fsp3) is 0.316. The van der Waals surface area contributed by atoms with Crippen molar-refractivity contribution >= 4 is 17.3 Å². The van der Waals surface area contributed by atoms with E-state index in [1.54, 1.807) is 12.1 Å². The number of benzene rings is 2. The molecule has 0 bridgehead atoms. The van der Waals surface area contributed by atoms with Gasteiger partial charge in [-0.2, -0.15) is 0 Å². The van der Waals surface area contributed by atoms with Gasteiger partial charge in [-0.25, -0.2) is 4.39 Å². The third-order valence-electron chi connectivity index (χ3n) is 4.65. The summed E-state index contributed by atoms with van der Waals surface area (Å²) in [7, 11) is 0. The summed E-state index contributed by atoms with van der Waals surface area (Å²) in [4.78, 5) is 22.3. The summed E-state index contributed by atoms with van der Waals surface area (Å²) in [5.41, 5.74) is 1.12. The Bertz CT molecular complexity index is 784. The Kier molecular flexibility index (Phi) is 5.07. The van der Waals surface area contributed by atoms with Crippen LogP contribution < -0.4 is 5.32 Å². The number of hydrogen-bond donors (Lipinski definition) is 1. The standard InChI is InChI=1S/C19H19FN2O3/c20-18-11-10-16(22(24)25)12-17(18)19(23)21-15-8-6-14(7-9-15)13-4-2-1-3-5-13/h6-13H,1-5H2,(H,21,23). The first kappa shape index (κ1) is 17.1. The first-order valence-corrected chi connectivity index (χ1v) is 8.40. The highest BCUT2D eigenvalue weighted by atomic mass is 19.1. The Labute approximate surface area is 145 Å². The van der Waals surface area contributed by atoms with Gasteiger partial charge in [-0.15, -0.1) is 0 Å². The summed E-state index contributed by atoms with van der Waals surface area (Å²) in [5.74, 6) is -0.929. The molecule has 0 unspecified atom stereocenters. The number of nitro groups is 1. The van der Waals surface area contributed by atoms with Crippen molar-refractivity contribution < 1.29 is 14.1 Å². The van der Waals surface area contributed by atoms with Crippen molar-refractivity contribution in [2.75, 3.05) is 5.32 Å². The Morgan fingerprint density at radius 1 is 1.08 bits per heavy atom. The molecule has 0 atom stereocenters. The zero-order valence-corrected chi connectivity index (χ0v) is 13.7. The van der Waals surface area contributed by atoms with Gasteiger partial charge in [0.05, 0.1) is 10.5 Å². The quantitative estimate of drug-likeness (QED) is 0.625. The van der Waals surface area contributed by atoms with Crippen LogP contribution in [-0.2, 0) is 0 Å². The van der Waals surface area contributed by atoms with Crippen molar-refractivity contribution in [1.29, 1.82) is 0 Å². The van der Waals surface area contributed by atoms with E-state index in [4.69, 9.17) is 0 Å². The van der Waals surface area contributed by atoms with Gasteiger partial charge in [0.15, 0.2) is 0 Å². The minimum absolute atomic E-state index is 0.320. The molecular weight excluding hydrogens is 323 g/mol. The Balaban J connectivity index is 1.72. The molecule has 25 heavy (non-hydrogen) atoms. The van der Waals surface area contributed by atoms with E-state index in [0.29, 0.717) is 11.6 Å². The number of anilines is 1. The molecule has 130 valence electrons. The molecule has 2 aromatic rings. The summed E-state index contributed by atoms with van der Waals surface area (Å²) >= 11 is 0. The molecule has 0 heterocycles. The average Bonchev–Trinajstić information content (AvgIpc) is 2.63. The van der Waals surface area contributed by atoms with Crippen molar-refractivity contribution in [3.63, 3.8) is 0 Å². The van der Waals surface area contributed by atoms with Crippen LogP contribution in [0.1, 0.15) is 53.9 Å². The molecule has 1 saturated carbocycles. The van der Waals surface area contributed by atoms with E-state index in [1.807, 2.05) is 12.1 Å². The largest absolute Gasteiger partial charge is 0.322 e. The lowest BCUT2D eigenvalue weighted by Gasteiger charge is -2.22. The van der Waals surface area contributed by atoms with Gasteiger partial charge in [0.2, 0.25) is 0 Å². The highest BCUT2D eigenvalue weighted by Gasteiger charge is 2.18. The first-order chi connectivity index (χ1) is 12.0. The highest BCUT2D eigenvalue weighted by Crippen LogP contribution is 2.33. The van der Waals surface area contributed by atoms with Gasteiger partial charge in [0.1, 0.15) is 5.82 Å². The number of nitrogens with one attached hydrogen (secondary N) is 1. The van der Waals surface area contributed by atoms with Crippen molar-refractivity contribution in [2.24, 2.45) is 0 Å². The van der Waals surface area contributed by atoms with Crippen molar-refractivity contribution in [3.05, 3.63) is 69.5 Å². The lowest BCUT2D eigenvalue weighted by molar-refractivity contribution is -0.384. The smallest absolute Gasteiger partial charge is 0.270 e. The van der Waals surface area contributed by atoms with Crippen molar-refractivity contribution in [3.8, 4) is 0 Å². The van der Waals surface area contributed by atoms with E-state index in [1.165, 1.54) is 37.7 Å². The molecule has 0 aliphatic heterocycles. The lowest BCUT2D eigenvalue weighted by atomic mass is 9.84. The molecule has 0 spiro atoms. The molecule has 1 aliphatic rings. The molecule has 6 heteroatoms. The van der Waals surface area contributed by atoms with Gasteiger partial charge in [-0.1, -0.05) is 31.4 Å². The zero-order valence-electron chi connectivity index (χ0n) is 13.7. The van der Waals surface area contributed by atoms with Gasteiger partial charge in [0.25, 0.3) is 11.6 Å². The molecule has 1 fully saturated rings. The molecule has 0 aromatic heterocycles. The molecule has 1 aliphatic carbocycles. The van der Waals surface area contributed by atoms with Crippen molar-refractivity contribution in [1.82, 2.24) is 0 Å². The number of non-ortho nitro benzene ring substituents is 1. The molecule has 0 radical (unpaired) electrons. The number of amides is 1. The highest BCUT2D eigenvalue weighted by molar-refractivity contribution is 6.04. The van der Waals surface area contributed by atoms with Gasteiger partial charge < -0.3 is 5.32 Å². The molecule has 1 amide bonds. The number of carbonyl (C=O) groups is 1. The van der Waals surface area contributed by atoms with Crippen LogP contribution in [0.3, 0.4) is 0 Å². The topological polar surface area (TPSA) is 72.2 Å². The maximum Gasteiger partial charge on any atom is 0.270 e. The predicted molar refractivity (Wildman–Crippen MR) is 93.3 cm³/mol. The summed E-state index contributed by atoms with van der Waals surface area (Å²) in [6.07, 6.45) is 6.15. The summed E-state index contributed by atoms with van der Waals surface area (Å²) < 4.78 is 13.8. The normalized spacial score (nSPS) is 14.9. The molecule has 5 nitrogen and oxygen atoms in total. The molecule has 1 N–H and O–H groups in total. The van der Waals surface area contributed by atoms with Crippen LogP contribution in [0.5, 0.6) is 0 Å². The first-order valence-electron chi connectivity index (χ1n) is 8.40. The minimum Gasteiger partial charge on any atom is -0.322 e. The second kappa shape index (κ2) is 7.42. The minimum atomic E-state index is -0.790. The van der Waals surface area contributed by atoms with Crippen LogP contribution >= 0.6 is 0 Å².